The van der Waals surface area contributed by atoms with E-state index in [2.05, 4.69) is 10.6 Å². The van der Waals surface area contributed by atoms with Crippen LogP contribution >= 0.6 is 23.5 Å². The van der Waals surface area contributed by atoms with E-state index in [0.29, 0.717) is 10.1 Å². The van der Waals surface area contributed by atoms with Crippen LogP contribution in [-0.4, -0.2) is 42.1 Å². The fourth-order valence-electron chi connectivity index (χ4n) is 2.07. The molecule has 0 saturated carbocycles. The molecule has 1 saturated heterocycles. The van der Waals surface area contributed by atoms with Crippen molar-refractivity contribution in [3.63, 3.8) is 0 Å². The fourth-order valence-corrected chi connectivity index (χ4v) is 4.93. The highest BCUT2D eigenvalue weighted by Gasteiger charge is 2.19. The number of thioether (sulfide) groups is 2. The molecule has 2 rings (SSSR count). The van der Waals surface area contributed by atoms with Gasteiger partial charge in [-0.25, -0.2) is 9.59 Å². The van der Waals surface area contributed by atoms with Gasteiger partial charge in [0.05, 0.1) is 10.1 Å². The molecule has 2 N–H and O–H groups in total. The number of nitrogens with one attached hydrogen (secondary N) is 2. The maximum atomic E-state index is 12.0. The molecule has 6 nitrogen and oxygen atoms in total. The second kappa shape index (κ2) is 9.72. The number of benzene rings is 1. The van der Waals surface area contributed by atoms with Crippen molar-refractivity contribution in [3.8, 4) is 0 Å². The van der Waals surface area contributed by atoms with Gasteiger partial charge in [0.2, 0.25) is 0 Å². The summed E-state index contributed by atoms with van der Waals surface area (Å²) in [5, 5.41) is 4.72. The first-order valence-corrected chi connectivity index (χ1v) is 10.2. The number of carbonyl (C=O) groups excluding carboxylic acids is 3. The summed E-state index contributed by atoms with van der Waals surface area (Å²) in [4.78, 5) is 35.1. The van der Waals surface area contributed by atoms with Crippen LogP contribution in [0.5, 0.6) is 0 Å². The molecule has 0 radical (unpaired) electrons. The predicted octanol–water partition coefficient (Wildman–Crippen LogP) is 2.95. The number of ether oxygens (including phenoxy) is 1. The highest BCUT2D eigenvalue weighted by molar-refractivity contribution is 8.19. The summed E-state index contributed by atoms with van der Waals surface area (Å²) < 4.78 is 5.36. The van der Waals surface area contributed by atoms with E-state index < -0.39 is 24.5 Å². The molecular formula is C17H22N2O4S2. The van der Waals surface area contributed by atoms with Crippen molar-refractivity contribution < 1.29 is 19.1 Å². The number of amides is 3. The second-order valence-corrected chi connectivity index (χ2v) is 8.33. The predicted molar refractivity (Wildman–Crippen MR) is 101 cm³/mol. The average molecular weight is 383 g/mol. The molecule has 0 spiro atoms. The Hall–Kier alpha value is -1.67. The second-order valence-electron chi connectivity index (χ2n) is 5.60. The number of carbonyl (C=O) groups is 3. The van der Waals surface area contributed by atoms with Crippen molar-refractivity contribution in [3.05, 3.63) is 35.4 Å². The van der Waals surface area contributed by atoms with Crippen LogP contribution in [0.1, 0.15) is 40.8 Å². The van der Waals surface area contributed by atoms with Crippen LogP contribution in [0.15, 0.2) is 24.3 Å². The van der Waals surface area contributed by atoms with E-state index in [1.54, 1.807) is 12.1 Å². The van der Waals surface area contributed by atoms with Gasteiger partial charge in [-0.15, -0.1) is 23.5 Å². The molecule has 0 unspecified atom stereocenters. The smallest absolute Gasteiger partial charge is 0.338 e. The Bertz CT molecular complexity index is 616. The SMILES string of the molecule is CC[C@H](C)NC(=O)NC(=O)COC(=O)c1ccc(C2SCCS2)cc1. The minimum atomic E-state index is -0.662. The van der Waals surface area contributed by atoms with Crippen LogP contribution in [0.25, 0.3) is 0 Å². The Kier molecular flexibility index (Phi) is 7.64. The van der Waals surface area contributed by atoms with Gasteiger partial charge in [0.25, 0.3) is 5.91 Å². The zero-order chi connectivity index (χ0) is 18.2. The third-order valence-electron chi connectivity index (χ3n) is 3.62. The van der Waals surface area contributed by atoms with Crippen LogP contribution in [0.4, 0.5) is 4.79 Å². The normalized spacial score (nSPS) is 15.4. The molecule has 1 aromatic carbocycles. The van der Waals surface area contributed by atoms with Crippen LogP contribution in [0, 0.1) is 0 Å². The number of imide groups is 1. The van der Waals surface area contributed by atoms with Gasteiger partial charge in [0.15, 0.2) is 6.61 Å². The Morgan fingerprint density at radius 3 is 2.44 bits per heavy atom. The number of hydrogen-bond donors (Lipinski definition) is 2. The highest BCUT2D eigenvalue weighted by atomic mass is 32.2. The minimum Gasteiger partial charge on any atom is -0.452 e. The van der Waals surface area contributed by atoms with Crippen molar-refractivity contribution in [2.24, 2.45) is 0 Å². The number of urea groups is 1. The molecule has 1 fully saturated rings. The quantitative estimate of drug-likeness (QED) is 0.736. The molecule has 0 bridgehead atoms. The zero-order valence-electron chi connectivity index (χ0n) is 14.2. The molecule has 1 heterocycles. The third-order valence-corrected chi connectivity index (χ3v) is 6.72. The third kappa shape index (κ3) is 6.28. The van der Waals surface area contributed by atoms with Gasteiger partial charge < -0.3 is 10.1 Å². The number of rotatable bonds is 6. The lowest BCUT2D eigenvalue weighted by Crippen LogP contribution is -2.44. The van der Waals surface area contributed by atoms with Gasteiger partial charge in [0, 0.05) is 17.5 Å². The lowest BCUT2D eigenvalue weighted by molar-refractivity contribution is -0.123. The number of hydrogen-bond acceptors (Lipinski definition) is 6. The first-order chi connectivity index (χ1) is 12.0. The monoisotopic (exact) mass is 382 g/mol. The average Bonchev–Trinajstić information content (AvgIpc) is 3.14. The molecule has 3 amide bonds. The van der Waals surface area contributed by atoms with E-state index >= 15 is 0 Å². The van der Waals surface area contributed by atoms with E-state index in [4.69, 9.17) is 4.74 Å². The van der Waals surface area contributed by atoms with E-state index in [1.165, 1.54) is 5.56 Å². The molecule has 1 atom stereocenters. The molecule has 1 aromatic rings. The lowest BCUT2D eigenvalue weighted by atomic mass is 10.1. The summed E-state index contributed by atoms with van der Waals surface area (Å²) in [6.07, 6.45) is 0.754. The first-order valence-electron chi connectivity index (χ1n) is 8.10. The van der Waals surface area contributed by atoms with Gasteiger partial charge in [-0.05, 0) is 31.0 Å². The van der Waals surface area contributed by atoms with Crippen molar-refractivity contribution in [2.45, 2.75) is 30.9 Å². The highest BCUT2D eigenvalue weighted by Crippen LogP contribution is 2.45. The molecule has 25 heavy (non-hydrogen) atoms. The molecule has 1 aliphatic rings. The Balaban J connectivity index is 1.77. The van der Waals surface area contributed by atoms with Crippen LogP contribution in [0.2, 0.25) is 0 Å². The Morgan fingerprint density at radius 2 is 1.84 bits per heavy atom. The van der Waals surface area contributed by atoms with Crippen molar-refractivity contribution in [1.29, 1.82) is 0 Å². The lowest BCUT2D eigenvalue weighted by Gasteiger charge is -2.12. The summed E-state index contributed by atoms with van der Waals surface area (Å²) in [6, 6.07) is 6.59. The van der Waals surface area contributed by atoms with Crippen molar-refractivity contribution >= 4 is 41.4 Å². The fraction of sp³-hybridized carbons (Fsp3) is 0.471. The van der Waals surface area contributed by atoms with Crippen molar-refractivity contribution in [1.82, 2.24) is 10.6 Å². The van der Waals surface area contributed by atoms with Crippen molar-refractivity contribution in [2.75, 3.05) is 18.1 Å². The largest absolute Gasteiger partial charge is 0.452 e. The molecule has 8 heteroatoms. The summed E-state index contributed by atoms with van der Waals surface area (Å²) in [6.45, 7) is 3.25. The topological polar surface area (TPSA) is 84.5 Å². The standard InChI is InChI=1S/C17H22N2O4S2/c1-3-11(2)18-17(22)19-14(20)10-23-15(21)12-4-6-13(7-5-12)16-24-8-9-25-16/h4-7,11,16H,3,8-10H2,1-2H3,(H2,18,19,20,22)/t11-/m0/s1. The number of esters is 1. The van der Waals surface area contributed by atoms with Crippen LogP contribution in [0.3, 0.4) is 0 Å². The van der Waals surface area contributed by atoms with Gasteiger partial charge in [0.1, 0.15) is 0 Å². The Morgan fingerprint density at radius 1 is 1.20 bits per heavy atom. The maximum Gasteiger partial charge on any atom is 0.338 e. The van der Waals surface area contributed by atoms with E-state index in [0.717, 1.165) is 17.9 Å². The molecular weight excluding hydrogens is 360 g/mol. The van der Waals surface area contributed by atoms with Gasteiger partial charge >= 0.3 is 12.0 Å². The summed E-state index contributed by atoms with van der Waals surface area (Å²) in [5.41, 5.74) is 1.55. The summed E-state index contributed by atoms with van der Waals surface area (Å²) in [7, 11) is 0. The Labute approximate surface area is 155 Å². The minimum absolute atomic E-state index is 0.0370. The summed E-state index contributed by atoms with van der Waals surface area (Å²) >= 11 is 3.78. The van der Waals surface area contributed by atoms with Crippen LogP contribution in [-0.2, 0) is 9.53 Å². The molecule has 136 valence electrons. The molecule has 0 aliphatic carbocycles. The van der Waals surface area contributed by atoms with Gasteiger partial charge in [-0.1, -0.05) is 19.1 Å². The van der Waals surface area contributed by atoms with Gasteiger partial charge in [-0.2, -0.15) is 0 Å². The first kappa shape index (κ1) is 19.7. The van der Waals surface area contributed by atoms with Crippen LogP contribution < -0.4 is 10.6 Å². The van der Waals surface area contributed by atoms with E-state index in [1.807, 2.05) is 49.5 Å². The molecule has 0 aromatic heterocycles. The van der Waals surface area contributed by atoms with E-state index in [-0.39, 0.29) is 6.04 Å². The summed E-state index contributed by atoms with van der Waals surface area (Å²) in [5.74, 6) is 1.03. The van der Waals surface area contributed by atoms with E-state index in [9.17, 15) is 14.4 Å². The van der Waals surface area contributed by atoms with Gasteiger partial charge in [-0.3, -0.25) is 10.1 Å². The zero-order valence-corrected chi connectivity index (χ0v) is 15.9. The molecule has 1 aliphatic heterocycles. The maximum absolute atomic E-state index is 12.0.